The second-order valence-electron chi connectivity index (χ2n) is 8.05. The van der Waals surface area contributed by atoms with Gasteiger partial charge in [0.1, 0.15) is 0 Å². The highest BCUT2D eigenvalue weighted by atomic mass is 16.1. The SMILES string of the molecule is Cc1cccc(-c2ccc(N3CCC(C(=O)NCc4ccccc4C)CC3)nn2)c1. The fourth-order valence-electron chi connectivity index (χ4n) is 3.96. The number of anilines is 1. The van der Waals surface area contributed by atoms with Gasteiger partial charge in [-0.1, -0.05) is 48.0 Å². The summed E-state index contributed by atoms with van der Waals surface area (Å²) < 4.78 is 0. The fraction of sp³-hybridized carbons (Fsp3) is 0.320. The Morgan fingerprint density at radius 2 is 1.80 bits per heavy atom. The summed E-state index contributed by atoms with van der Waals surface area (Å²) in [6.45, 7) is 6.39. The van der Waals surface area contributed by atoms with Gasteiger partial charge >= 0.3 is 0 Å². The Kier molecular flexibility index (Phi) is 6.07. The van der Waals surface area contributed by atoms with Crippen molar-refractivity contribution in [2.45, 2.75) is 33.2 Å². The molecule has 0 radical (unpaired) electrons. The summed E-state index contributed by atoms with van der Waals surface area (Å²) in [6, 6.07) is 20.5. The minimum atomic E-state index is 0.0600. The molecular weight excluding hydrogens is 372 g/mol. The van der Waals surface area contributed by atoms with Crippen molar-refractivity contribution >= 4 is 11.7 Å². The highest BCUT2D eigenvalue weighted by Gasteiger charge is 2.25. The van der Waals surface area contributed by atoms with E-state index in [-0.39, 0.29) is 11.8 Å². The van der Waals surface area contributed by atoms with Crippen LogP contribution in [0.2, 0.25) is 0 Å². The summed E-state index contributed by atoms with van der Waals surface area (Å²) in [5, 5.41) is 12.0. The molecule has 0 spiro atoms. The van der Waals surface area contributed by atoms with Crippen LogP contribution in [0, 0.1) is 19.8 Å². The van der Waals surface area contributed by atoms with Crippen LogP contribution in [0.25, 0.3) is 11.3 Å². The van der Waals surface area contributed by atoms with E-state index in [1.807, 2.05) is 30.3 Å². The summed E-state index contributed by atoms with van der Waals surface area (Å²) in [5.74, 6) is 1.09. The van der Waals surface area contributed by atoms with Crippen molar-refractivity contribution in [2.24, 2.45) is 5.92 Å². The Balaban J connectivity index is 1.31. The maximum atomic E-state index is 12.6. The molecule has 1 aromatic heterocycles. The van der Waals surface area contributed by atoms with Crippen LogP contribution in [0.3, 0.4) is 0 Å². The molecule has 1 aliphatic rings. The molecule has 2 heterocycles. The third-order valence-electron chi connectivity index (χ3n) is 5.87. The molecule has 1 amide bonds. The fourth-order valence-corrected chi connectivity index (χ4v) is 3.96. The standard InChI is InChI=1S/C25H28N4O/c1-18-6-5-9-21(16-18)23-10-11-24(28-27-23)29-14-12-20(13-15-29)25(30)26-17-22-8-4-3-7-19(22)2/h3-11,16,20H,12-15,17H2,1-2H3,(H,26,30). The number of nitrogens with one attached hydrogen (secondary N) is 1. The molecule has 154 valence electrons. The molecule has 0 atom stereocenters. The first-order valence-electron chi connectivity index (χ1n) is 10.6. The number of carbonyl (C=O) groups excluding carboxylic acids is 1. The Labute approximate surface area is 178 Å². The Morgan fingerprint density at radius 3 is 2.50 bits per heavy atom. The number of hydrogen-bond donors (Lipinski definition) is 1. The van der Waals surface area contributed by atoms with Crippen molar-refractivity contribution in [1.82, 2.24) is 15.5 Å². The molecule has 0 bridgehead atoms. The van der Waals surface area contributed by atoms with Crippen molar-refractivity contribution < 1.29 is 4.79 Å². The van der Waals surface area contributed by atoms with E-state index < -0.39 is 0 Å². The van der Waals surface area contributed by atoms with E-state index in [2.05, 4.69) is 64.6 Å². The number of hydrogen-bond acceptors (Lipinski definition) is 4. The molecule has 0 saturated carbocycles. The van der Waals surface area contributed by atoms with Gasteiger partial charge in [-0.05, 0) is 56.0 Å². The highest BCUT2D eigenvalue weighted by Crippen LogP contribution is 2.24. The van der Waals surface area contributed by atoms with Crippen molar-refractivity contribution in [1.29, 1.82) is 0 Å². The molecule has 0 unspecified atom stereocenters. The molecule has 1 fully saturated rings. The summed E-state index contributed by atoms with van der Waals surface area (Å²) >= 11 is 0. The van der Waals surface area contributed by atoms with Crippen LogP contribution < -0.4 is 10.2 Å². The number of benzene rings is 2. The average molecular weight is 401 g/mol. The normalized spacial score (nSPS) is 14.5. The Bertz CT molecular complexity index is 1010. The first-order chi connectivity index (χ1) is 14.6. The smallest absolute Gasteiger partial charge is 0.223 e. The lowest BCUT2D eigenvalue weighted by Crippen LogP contribution is -2.40. The number of piperidine rings is 1. The van der Waals surface area contributed by atoms with Crippen molar-refractivity contribution in [3.8, 4) is 11.3 Å². The number of aromatic nitrogens is 2. The molecule has 1 N–H and O–H groups in total. The largest absolute Gasteiger partial charge is 0.355 e. The Hall–Kier alpha value is -3.21. The van der Waals surface area contributed by atoms with Gasteiger partial charge in [0.2, 0.25) is 5.91 Å². The van der Waals surface area contributed by atoms with Gasteiger partial charge in [0, 0.05) is 31.1 Å². The molecule has 5 nitrogen and oxygen atoms in total. The van der Waals surface area contributed by atoms with Crippen molar-refractivity contribution in [3.05, 3.63) is 77.4 Å². The van der Waals surface area contributed by atoms with E-state index in [0.29, 0.717) is 6.54 Å². The van der Waals surface area contributed by atoms with Gasteiger partial charge in [-0.3, -0.25) is 4.79 Å². The highest BCUT2D eigenvalue weighted by molar-refractivity contribution is 5.79. The van der Waals surface area contributed by atoms with Crippen molar-refractivity contribution in [3.63, 3.8) is 0 Å². The van der Waals surface area contributed by atoms with Gasteiger partial charge < -0.3 is 10.2 Å². The minimum Gasteiger partial charge on any atom is -0.355 e. The molecule has 1 aliphatic heterocycles. The van der Waals surface area contributed by atoms with E-state index in [4.69, 9.17) is 0 Å². The molecule has 4 rings (SSSR count). The molecule has 5 heteroatoms. The zero-order valence-electron chi connectivity index (χ0n) is 17.6. The van der Waals surface area contributed by atoms with Gasteiger partial charge in [-0.15, -0.1) is 10.2 Å². The number of nitrogens with zero attached hydrogens (tertiary/aromatic N) is 3. The summed E-state index contributed by atoms with van der Waals surface area (Å²) in [6.07, 6.45) is 1.67. The van der Waals surface area contributed by atoms with Gasteiger partial charge in [0.15, 0.2) is 5.82 Å². The molecule has 30 heavy (non-hydrogen) atoms. The van der Waals surface area contributed by atoms with Crippen LogP contribution in [0.5, 0.6) is 0 Å². The van der Waals surface area contributed by atoms with Gasteiger partial charge in [0.05, 0.1) is 5.69 Å². The van der Waals surface area contributed by atoms with Crippen LogP contribution in [-0.2, 0) is 11.3 Å². The van der Waals surface area contributed by atoms with E-state index in [1.165, 1.54) is 16.7 Å². The molecule has 1 saturated heterocycles. The molecular formula is C25H28N4O. The van der Waals surface area contributed by atoms with E-state index in [1.54, 1.807) is 0 Å². The maximum absolute atomic E-state index is 12.6. The summed E-state index contributed by atoms with van der Waals surface area (Å²) in [7, 11) is 0. The maximum Gasteiger partial charge on any atom is 0.223 e. The number of amides is 1. The monoisotopic (exact) mass is 400 g/mol. The topological polar surface area (TPSA) is 58.1 Å². The predicted molar refractivity (Wildman–Crippen MR) is 120 cm³/mol. The van der Waals surface area contributed by atoms with Crippen LogP contribution in [0.15, 0.2) is 60.7 Å². The summed E-state index contributed by atoms with van der Waals surface area (Å²) in [4.78, 5) is 14.8. The van der Waals surface area contributed by atoms with Crippen LogP contribution in [0.1, 0.15) is 29.5 Å². The molecule has 2 aromatic carbocycles. The number of aryl methyl sites for hydroxylation is 2. The molecule has 3 aromatic rings. The number of carbonyl (C=O) groups is 1. The van der Waals surface area contributed by atoms with Crippen LogP contribution in [-0.4, -0.2) is 29.2 Å². The van der Waals surface area contributed by atoms with Crippen LogP contribution in [0.4, 0.5) is 5.82 Å². The number of rotatable bonds is 5. The van der Waals surface area contributed by atoms with E-state index >= 15 is 0 Å². The third-order valence-corrected chi connectivity index (χ3v) is 5.87. The van der Waals surface area contributed by atoms with Crippen molar-refractivity contribution in [2.75, 3.05) is 18.0 Å². The lowest BCUT2D eigenvalue weighted by Gasteiger charge is -2.31. The van der Waals surface area contributed by atoms with Crippen LogP contribution >= 0.6 is 0 Å². The third kappa shape index (κ3) is 4.67. The second kappa shape index (κ2) is 9.08. The first-order valence-corrected chi connectivity index (χ1v) is 10.6. The lowest BCUT2D eigenvalue weighted by molar-refractivity contribution is -0.125. The van der Waals surface area contributed by atoms with E-state index in [0.717, 1.165) is 43.0 Å². The quantitative estimate of drug-likeness (QED) is 0.694. The molecule has 0 aliphatic carbocycles. The Morgan fingerprint density at radius 1 is 1.00 bits per heavy atom. The van der Waals surface area contributed by atoms with Gasteiger partial charge in [0.25, 0.3) is 0 Å². The zero-order valence-corrected chi connectivity index (χ0v) is 17.6. The average Bonchev–Trinajstić information content (AvgIpc) is 2.78. The second-order valence-corrected chi connectivity index (χ2v) is 8.05. The lowest BCUT2D eigenvalue weighted by atomic mass is 9.95. The zero-order chi connectivity index (χ0) is 20.9. The van der Waals surface area contributed by atoms with E-state index in [9.17, 15) is 4.79 Å². The minimum absolute atomic E-state index is 0.0600. The van der Waals surface area contributed by atoms with Gasteiger partial charge in [-0.2, -0.15) is 0 Å². The first kappa shape index (κ1) is 20.1. The van der Waals surface area contributed by atoms with Gasteiger partial charge in [-0.25, -0.2) is 0 Å². The predicted octanol–water partition coefficient (Wildman–Crippen LogP) is 4.29. The summed E-state index contributed by atoms with van der Waals surface area (Å²) in [5.41, 5.74) is 5.56.